The van der Waals surface area contributed by atoms with Crippen molar-refractivity contribution < 1.29 is 10.2 Å². The Kier molecular flexibility index (Phi) is 11.0. The second-order valence-electron chi connectivity index (χ2n) is 6.00. The molecule has 0 saturated carbocycles. The van der Waals surface area contributed by atoms with E-state index in [1.807, 2.05) is 0 Å². The molecule has 0 spiro atoms. The van der Waals surface area contributed by atoms with Gasteiger partial charge in [-0.05, 0) is 13.1 Å². The van der Waals surface area contributed by atoms with E-state index >= 15 is 0 Å². The lowest BCUT2D eigenvalue weighted by Gasteiger charge is -2.33. The summed E-state index contributed by atoms with van der Waals surface area (Å²) in [5.41, 5.74) is 0. The average molecular weight is 316 g/mol. The van der Waals surface area contributed by atoms with Gasteiger partial charge in [-0.3, -0.25) is 9.80 Å². The molecule has 0 aliphatic carbocycles. The van der Waals surface area contributed by atoms with E-state index in [0.717, 1.165) is 78.5 Å². The zero-order valence-corrected chi connectivity index (χ0v) is 14.6. The van der Waals surface area contributed by atoms with Crippen LogP contribution < -0.4 is 0 Å². The van der Waals surface area contributed by atoms with E-state index in [-0.39, 0.29) is 0 Å². The summed E-state index contributed by atoms with van der Waals surface area (Å²) in [7, 11) is 0. The highest BCUT2D eigenvalue weighted by Gasteiger charge is 2.14. The predicted octanol–water partition coefficient (Wildman–Crippen LogP) is -0.768. The lowest BCUT2D eigenvalue weighted by Crippen LogP contribution is -2.46. The van der Waals surface area contributed by atoms with Gasteiger partial charge < -0.3 is 20.0 Å². The molecule has 0 aromatic rings. The Morgan fingerprint density at radius 3 is 1.05 bits per heavy atom. The van der Waals surface area contributed by atoms with Gasteiger partial charge in [-0.15, -0.1) is 0 Å². The quantitative estimate of drug-likeness (QED) is 0.671. The lowest BCUT2D eigenvalue weighted by molar-refractivity contribution is 0.116. The Labute approximate surface area is 136 Å². The van der Waals surface area contributed by atoms with Gasteiger partial charge in [0.05, 0.1) is 13.2 Å². The van der Waals surface area contributed by atoms with E-state index in [4.69, 9.17) is 10.2 Å². The van der Waals surface area contributed by atoms with Crippen molar-refractivity contribution in [1.82, 2.24) is 19.6 Å². The van der Waals surface area contributed by atoms with E-state index < -0.39 is 0 Å². The highest BCUT2D eigenvalue weighted by molar-refractivity contribution is 4.70. The maximum Gasteiger partial charge on any atom is 0.0558 e. The van der Waals surface area contributed by atoms with Crippen molar-refractivity contribution in [2.75, 3.05) is 91.8 Å². The van der Waals surface area contributed by atoms with Crippen molar-refractivity contribution in [3.05, 3.63) is 0 Å². The molecule has 2 aliphatic rings. The molecule has 6 nitrogen and oxygen atoms in total. The molecule has 6 heteroatoms. The third-order valence-corrected chi connectivity index (χ3v) is 4.66. The van der Waals surface area contributed by atoms with Crippen LogP contribution >= 0.6 is 0 Å². The monoisotopic (exact) mass is 316 g/mol. The summed E-state index contributed by atoms with van der Waals surface area (Å²) in [5.74, 6) is 0. The van der Waals surface area contributed by atoms with Gasteiger partial charge >= 0.3 is 0 Å². The number of hydrogen-bond donors (Lipinski definition) is 2. The zero-order valence-electron chi connectivity index (χ0n) is 14.6. The number of aliphatic hydroxyl groups is 2. The van der Waals surface area contributed by atoms with Crippen LogP contribution in [-0.2, 0) is 0 Å². The summed E-state index contributed by atoms with van der Waals surface area (Å²) in [6.07, 6.45) is 0. The molecule has 2 saturated heterocycles. The van der Waals surface area contributed by atoms with E-state index in [2.05, 4.69) is 33.4 Å². The fourth-order valence-corrected chi connectivity index (χ4v) is 2.94. The van der Waals surface area contributed by atoms with Crippen LogP contribution in [0.15, 0.2) is 0 Å². The molecule has 2 heterocycles. The number of aliphatic hydroxyl groups excluding tert-OH is 2. The van der Waals surface area contributed by atoms with Crippen LogP contribution in [0.2, 0.25) is 0 Å². The Hall–Kier alpha value is -0.240. The van der Waals surface area contributed by atoms with E-state index in [0.29, 0.717) is 13.2 Å². The first-order valence-corrected chi connectivity index (χ1v) is 8.84. The first-order chi connectivity index (χ1) is 10.7. The molecule has 0 radical (unpaired) electrons. The van der Waals surface area contributed by atoms with Gasteiger partial charge in [-0.25, -0.2) is 0 Å². The van der Waals surface area contributed by atoms with Crippen LogP contribution in [0, 0.1) is 0 Å². The molecule has 2 N–H and O–H groups in total. The molecule has 2 rings (SSSR count). The van der Waals surface area contributed by atoms with Crippen LogP contribution in [0.25, 0.3) is 0 Å². The van der Waals surface area contributed by atoms with Crippen molar-refractivity contribution in [2.45, 2.75) is 13.8 Å². The maximum absolute atomic E-state index is 8.69. The fourth-order valence-electron chi connectivity index (χ4n) is 2.94. The Morgan fingerprint density at radius 2 is 0.818 bits per heavy atom. The van der Waals surface area contributed by atoms with Crippen LogP contribution in [0.5, 0.6) is 0 Å². The average Bonchev–Trinajstić information content (AvgIpc) is 2.57. The maximum atomic E-state index is 8.69. The number of piperazine rings is 2. The van der Waals surface area contributed by atoms with E-state index in [1.165, 1.54) is 0 Å². The molecular weight excluding hydrogens is 280 g/mol. The second kappa shape index (κ2) is 12.2. The number of rotatable bonds is 6. The fraction of sp³-hybridized carbons (Fsp3) is 1.00. The summed E-state index contributed by atoms with van der Waals surface area (Å²) in [6.45, 7) is 18.1. The molecular formula is C16H36N4O2. The molecule has 0 aromatic heterocycles. The minimum atomic E-state index is 0.298. The van der Waals surface area contributed by atoms with Gasteiger partial charge in [0.15, 0.2) is 0 Å². The minimum Gasteiger partial charge on any atom is -0.395 e. The predicted molar refractivity (Wildman–Crippen MR) is 91.3 cm³/mol. The van der Waals surface area contributed by atoms with Crippen molar-refractivity contribution >= 4 is 0 Å². The van der Waals surface area contributed by atoms with Gasteiger partial charge in [0.2, 0.25) is 0 Å². The van der Waals surface area contributed by atoms with Crippen molar-refractivity contribution in [3.63, 3.8) is 0 Å². The van der Waals surface area contributed by atoms with Gasteiger partial charge in [-0.1, -0.05) is 13.8 Å². The van der Waals surface area contributed by atoms with Crippen LogP contribution in [-0.4, -0.2) is 122 Å². The first-order valence-electron chi connectivity index (χ1n) is 8.84. The standard InChI is InChI=1S/2C8H18N2O/c2*1-2-9-3-5-10(6-4-9)7-8-11/h2*11H,2-8H2,1H3. The van der Waals surface area contributed by atoms with Gasteiger partial charge in [0.1, 0.15) is 0 Å². The van der Waals surface area contributed by atoms with Gasteiger partial charge in [0, 0.05) is 65.4 Å². The molecule has 0 unspecified atom stereocenters. The first kappa shape index (κ1) is 19.8. The minimum absolute atomic E-state index is 0.298. The molecule has 22 heavy (non-hydrogen) atoms. The van der Waals surface area contributed by atoms with Gasteiger partial charge in [-0.2, -0.15) is 0 Å². The molecule has 0 bridgehead atoms. The van der Waals surface area contributed by atoms with E-state index in [1.54, 1.807) is 0 Å². The van der Waals surface area contributed by atoms with Crippen LogP contribution in [0.4, 0.5) is 0 Å². The Bertz CT molecular complexity index is 227. The van der Waals surface area contributed by atoms with Crippen molar-refractivity contribution in [1.29, 1.82) is 0 Å². The van der Waals surface area contributed by atoms with E-state index in [9.17, 15) is 0 Å². The largest absolute Gasteiger partial charge is 0.395 e. The smallest absolute Gasteiger partial charge is 0.0558 e. The molecule has 0 atom stereocenters. The number of nitrogens with zero attached hydrogens (tertiary/aromatic N) is 4. The Balaban J connectivity index is 0.000000220. The lowest BCUT2D eigenvalue weighted by atomic mass is 10.3. The number of hydrogen-bond acceptors (Lipinski definition) is 6. The van der Waals surface area contributed by atoms with Crippen molar-refractivity contribution in [2.24, 2.45) is 0 Å². The van der Waals surface area contributed by atoms with Crippen molar-refractivity contribution in [3.8, 4) is 0 Å². The summed E-state index contributed by atoms with van der Waals surface area (Å²) in [4.78, 5) is 9.50. The summed E-state index contributed by atoms with van der Waals surface area (Å²) < 4.78 is 0. The van der Waals surface area contributed by atoms with Crippen LogP contribution in [0.3, 0.4) is 0 Å². The third-order valence-electron chi connectivity index (χ3n) is 4.66. The summed E-state index contributed by atoms with van der Waals surface area (Å²) in [5, 5.41) is 17.4. The summed E-state index contributed by atoms with van der Waals surface area (Å²) >= 11 is 0. The molecule has 2 fully saturated rings. The normalized spacial score (nSPS) is 22.4. The highest BCUT2D eigenvalue weighted by atomic mass is 16.3. The third kappa shape index (κ3) is 7.85. The topological polar surface area (TPSA) is 53.4 Å². The zero-order chi connectivity index (χ0) is 16.2. The molecule has 2 aliphatic heterocycles. The second-order valence-corrected chi connectivity index (χ2v) is 6.00. The SMILES string of the molecule is CCN1CCN(CCO)CC1.CCN1CCN(CCO)CC1. The van der Waals surface area contributed by atoms with Gasteiger partial charge in [0.25, 0.3) is 0 Å². The Morgan fingerprint density at radius 1 is 0.545 bits per heavy atom. The van der Waals surface area contributed by atoms with Crippen LogP contribution in [0.1, 0.15) is 13.8 Å². The summed E-state index contributed by atoms with van der Waals surface area (Å²) in [6, 6.07) is 0. The number of β-amino-alcohol motifs (C(OH)–C–C–N with tert-alkyl or cyclic N) is 2. The molecule has 0 amide bonds. The highest BCUT2D eigenvalue weighted by Crippen LogP contribution is 2.00. The molecule has 0 aromatic carbocycles. The number of likely N-dealkylation sites (N-methyl/N-ethyl adjacent to an activating group) is 2. The molecule has 132 valence electrons.